The molecule has 3 nitrogen and oxygen atoms in total. The molecule has 1 heterocycles. The van der Waals surface area contributed by atoms with Gasteiger partial charge < -0.3 is 10.6 Å². The molecule has 0 saturated carbocycles. The second-order valence-corrected chi connectivity index (χ2v) is 5.12. The van der Waals surface area contributed by atoms with Gasteiger partial charge in [0, 0.05) is 28.1 Å². The maximum absolute atomic E-state index is 4.29. The molecule has 4 heteroatoms. The fourth-order valence-corrected chi connectivity index (χ4v) is 2.10. The minimum Gasteiger partial charge on any atom is -0.370 e. The quantitative estimate of drug-likeness (QED) is 0.789. The first-order valence-corrected chi connectivity index (χ1v) is 7.09. The number of anilines is 3. The largest absolute Gasteiger partial charge is 0.370 e. The lowest BCUT2D eigenvalue weighted by Gasteiger charge is -2.10. The maximum Gasteiger partial charge on any atom is 0.127 e. The first kappa shape index (κ1) is 13.1. The van der Waals surface area contributed by atoms with Crippen LogP contribution < -0.4 is 10.6 Å². The van der Waals surface area contributed by atoms with E-state index in [9.17, 15) is 0 Å². The van der Waals surface area contributed by atoms with Gasteiger partial charge in [0.1, 0.15) is 5.82 Å². The van der Waals surface area contributed by atoms with Gasteiger partial charge in [0.05, 0.1) is 5.69 Å². The number of nitrogens with zero attached hydrogens (tertiary/aromatic N) is 1. The highest BCUT2D eigenvalue weighted by molar-refractivity contribution is 14.1. The topological polar surface area (TPSA) is 37.0 Å². The lowest BCUT2D eigenvalue weighted by Crippen LogP contribution is -2.02. The van der Waals surface area contributed by atoms with Gasteiger partial charge in [-0.05, 0) is 47.2 Å². The van der Waals surface area contributed by atoms with E-state index in [-0.39, 0.29) is 0 Å². The summed E-state index contributed by atoms with van der Waals surface area (Å²) in [6, 6.07) is 12.2. The standard InChI is InChI=1S/C14H16IN3/c1-2-8-16-14-10-11(7-9-17-14)18-13-6-4-3-5-12(13)15/h3-7,9-10H,2,8H2,1H3,(H2,16,17,18). The number of hydrogen-bond donors (Lipinski definition) is 2. The van der Waals surface area contributed by atoms with Gasteiger partial charge in [-0.25, -0.2) is 4.98 Å². The average Bonchev–Trinajstić information content (AvgIpc) is 2.40. The Morgan fingerprint density at radius 2 is 2.06 bits per heavy atom. The molecule has 2 N–H and O–H groups in total. The van der Waals surface area contributed by atoms with E-state index in [4.69, 9.17) is 0 Å². The van der Waals surface area contributed by atoms with Gasteiger partial charge in [0.15, 0.2) is 0 Å². The summed E-state index contributed by atoms with van der Waals surface area (Å²) in [5.41, 5.74) is 2.17. The smallest absolute Gasteiger partial charge is 0.127 e. The van der Waals surface area contributed by atoms with Crippen molar-refractivity contribution in [3.63, 3.8) is 0 Å². The molecule has 2 aromatic rings. The van der Waals surface area contributed by atoms with E-state index >= 15 is 0 Å². The summed E-state index contributed by atoms with van der Waals surface area (Å²) in [5.74, 6) is 0.910. The maximum atomic E-state index is 4.29. The van der Waals surface area contributed by atoms with Crippen molar-refractivity contribution in [1.82, 2.24) is 4.98 Å². The number of hydrogen-bond acceptors (Lipinski definition) is 3. The molecule has 0 aliphatic rings. The van der Waals surface area contributed by atoms with Crippen molar-refractivity contribution in [1.29, 1.82) is 0 Å². The average molecular weight is 353 g/mol. The summed E-state index contributed by atoms with van der Waals surface area (Å²) in [7, 11) is 0. The SMILES string of the molecule is CCCNc1cc(Nc2ccccc2I)ccn1. The molecule has 1 aromatic carbocycles. The van der Waals surface area contributed by atoms with Gasteiger partial charge in [-0.1, -0.05) is 19.1 Å². The van der Waals surface area contributed by atoms with Crippen molar-refractivity contribution in [2.45, 2.75) is 13.3 Å². The fraction of sp³-hybridized carbons (Fsp3) is 0.214. The zero-order valence-electron chi connectivity index (χ0n) is 10.3. The monoisotopic (exact) mass is 353 g/mol. The zero-order chi connectivity index (χ0) is 12.8. The highest BCUT2D eigenvalue weighted by Crippen LogP contribution is 2.23. The lowest BCUT2D eigenvalue weighted by atomic mass is 10.3. The first-order chi connectivity index (χ1) is 8.79. The van der Waals surface area contributed by atoms with Crippen LogP contribution in [0.3, 0.4) is 0 Å². The van der Waals surface area contributed by atoms with E-state index in [1.807, 2.05) is 30.5 Å². The Morgan fingerprint density at radius 1 is 1.22 bits per heavy atom. The number of aromatic nitrogens is 1. The minimum atomic E-state index is 0.910. The second-order valence-electron chi connectivity index (χ2n) is 3.96. The Hall–Kier alpha value is -1.30. The number of benzene rings is 1. The molecule has 18 heavy (non-hydrogen) atoms. The van der Waals surface area contributed by atoms with Gasteiger partial charge in [0.25, 0.3) is 0 Å². The molecule has 94 valence electrons. The highest BCUT2D eigenvalue weighted by atomic mass is 127. The number of para-hydroxylation sites is 1. The molecule has 0 unspecified atom stereocenters. The van der Waals surface area contributed by atoms with Crippen LogP contribution >= 0.6 is 22.6 Å². The van der Waals surface area contributed by atoms with Crippen molar-refractivity contribution >= 4 is 39.8 Å². The van der Waals surface area contributed by atoms with Crippen LogP contribution in [0.1, 0.15) is 13.3 Å². The van der Waals surface area contributed by atoms with Crippen LogP contribution in [0.2, 0.25) is 0 Å². The Balaban J connectivity index is 2.12. The van der Waals surface area contributed by atoms with Crippen LogP contribution in [0.25, 0.3) is 0 Å². The Kier molecular flexibility index (Phi) is 4.81. The molecular weight excluding hydrogens is 337 g/mol. The van der Waals surface area contributed by atoms with Crippen molar-refractivity contribution in [2.24, 2.45) is 0 Å². The van der Waals surface area contributed by atoms with E-state index in [2.05, 4.69) is 57.3 Å². The molecule has 0 fully saturated rings. The zero-order valence-corrected chi connectivity index (χ0v) is 12.4. The summed E-state index contributed by atoms with van der Waals surface area (Å²) >= 11 is 2.32. The number of rotatable bonds is 5. The summed E-state index contributed by atoms with van der Waals surface area (Å²) < 4.78 is 1.20. The van der Waals surface area contributed by atoms with Crippen molar-refractivity contribution in [3.05, 3.63) is 46.2 Å². The predicted octanol–water partition coefficient (Wildman–Crippen LogP) is 4.25. The van der Waals surface area contributed by atoms with Crippen molar-refractivity contribution < 1.29 is 0 Å². The van der Waals surface area contributed by atoms with E-state index < -0.39 is 0 Å². The molecule has 0 amide bonds. The lowest BCUT2D eigenvalue weighted by molar-refractivity contribution is 0.969. The molecular formula is C14H16IN3. The van der Waals surface area contributed by atoms with Crippen LogP contribution in [0.4, 0.5) is 17.2 Å². The molecule has 0 aliphatic heterocycles. The third kappa shape index (κ3) is 3.60. The summed E-state index contributed by atoms with van der Waals surface area (Å²) in [4.78, 5) is 4.29. The van der Waals surface area contributed by atoms with Gasteiger partial charge in [-0.2, -0.15) is 0 Å². The number of halogens is 1. The number of nitrogens with one attached hydrogen (secondary N) is 2. The molecule has 0 aliphatic carbocycles. The molecule has 0 bridgehead atoms. The molecule has 0 spiro atoms. The number of pyridine rings is 1. The molecule has 0 saturated heterocycles. The summed E-state index contributed by atoms with van der Waals surface area (Å²) in [5, 5.41) is 6.68. The van der Waals surface area contributed by atoms with Crippen LogP contribution in [0.15, 0.2) is 42.6 Å². The normalized spacial score (nSPS) is 10.1. The minimum absolute atomic E-state index is 0.910. The molecule has 0 atom stereocenters. The Morgan fingerprint density at radius 3 is 2.83 bits per heavy atom. The van der Waals surface area contributed by atoms with E-state index in [0.717, 1.165) is 30.2 Å². The van der Waals surface area contributed by atoms with Crippen LogP contribution in [-0.4, -0.2) is 11.5 Å². The Labute approximate surface area is 121 Å². The van der Waals surface area contributed by atoms with Crippen LogP contribution in [0, 0.1) is 3.57 Å². The van der Waals surface area contributed by atoms with Gasteiger partial charge in [0.2, 0.25) is 0 Å². The third-order valence-electron chi connectivity index (χ3n) is 2.47. The highest BCUT2D eigenvalue weighted by Gasteiger charge is 2.00. The van der Waals surface area contributed by atoms with E-state index in [1.54, 1.807) is 0 Å². The third-order valence-corrected chi connectivity index (χ3v) is 3.41. The molecule has 2 rings (SSSR count). The second kappa shape index (κ2) is 6.58. The Bertz CT molecular complexity index is 514. The van der Waals surface area contributed by atoms with Crippen LogP contribution in [0.5, 0.6) is 0 Å². The van der Waals surface area contributed by atoms with Gasteiger partial charge in [-0.3, -0.25) is 0 Å². The first-order valence-electron chi connectivity index (χ1n) is 6.01. The fourth-order valence-electron chi connectivity index (χ4n) is 1.58. The predicted molar refractivity (Wildman–Crippen MR) is 85.5 cm³/mol. The van der Waals surface area contributed by atoms with Crippen molar-refractivity contribution in [3.8, 4) is 0 Å². The molecule has 1 aromatic heterocycles. The van der Waals surface area contributed by atoms with E-state index in [0.29, 0.717) is 0 Å². The summed E-state index contributed by atoms with van der Waals surface area (Å²) in [6.45, 7) is 3.08. The van der Waals surface area contributed by atoms with Gasteiger partial charge in [-0.15, -0.1) is 0 Å². The van der Waals surface area contributed by atoms with Crippen molar-refractivity contribution in [2.75, 3.05) is 17.2 Å². The molecule has 0 radical (unpaired) electrons. The van der Waals surface area contributed by atoms with Crippen LogP contribution in [-0.2, 0) is 0 Å². The van der Waals surface area contributed by atoms with E-state index in [1.165, 1.54) is 3.57 Å². The van der Waals surface area contributed by atoms with Gasteiger partial charge >= 0.3 is 0 Å². The summed E-state index contributed by atoms with van der Waals surface area (Å²) in [6.07, 6.45) is 2.91.